The summed E-state index contributed by atoms with van der Waals surface area (Å²) in [6, 6.07) is 16.6. The first-order chi connectivity index (χ1) is 14.9. The number of carbonyl (C=O) groups is 2. The number of carbonyl (C=O) groups excluding carboxylic acids is 2. The van der Waals surface area contributed by atoms with Gasteiger partial charge >= 0.3 is 0 Å². The lowest BCUT2D eigenvalue weighted by Gasteiger charge is -2.09. The minimum Gasteiger partial charge on any atom is -0.352 e. The number of amides is 2. The molecular formula is C23H24N4O3S. The zero-order valence-electron chi connectivity index (χ0n) is 17.4. The molecule has 160 valence electrons. The van der Waals surface area contributed by atoms with E-state index < -0.39 is 0 Å². The number of hydrogen-bond acceptors (Lipinski definition) is 5. The first-order valence-electron chi connectivity index (χ1n) is 9.80. The molecule has 0 aliphatic rings. The molecule has 1 heterocycles. The van der Waals surface area contributed by atoms with Crippen molar-refractivity contribution in [2.45, 2.75) is 32.0 Å². The van der Waals surface area contributed by atoms with E-state index in [4.69, 9.17) is 0 Å². The SMILES string of the molecule is Cc1ccc(NC(=O)CSc2nc(CC(=O)NCc3ccccc3)cc(=O)[nH]2)c(C)c1. The molecule has 3 aromatic rings. The van der Waals surface area contributed by atoms with E-state index in [1.165, 1.54) is 6.07 Å². The molecule has 7 nitrogen and oxygen atoms in total. The Hall–Kier alpha value is -3.39. The summed E-state index contributed by atoms with van der Waals surface area (Å²) in [5.41, 5.74) is 3.83. The van der Waals surface area contributed by atoms with E-state index >= 15 is 0 Å². The van der Waals surface area contributed by atoms with Crippen molar-refractivity contribution in [2.75, 3.05) is 11.1 Å². The van der Waals surface area contributed by atoms with E-state index in [2.05, 4.69) is 20.6 Å². The minimum absolute atomic E-state index is 0.0148. The van der Waals surface area contributed by atoms with Crippen molar-refractivity contribution >= 4 is 29.3 Å². The highest BCUT2D eigenvalue weighted by Gasteiger charge is 2.10. The van der Waals surface area contributed by atoms with Crippen LogP contribution in [0.1, 0.15) is 22.4 Å². The van der Waals surface area contributed by atoms with Crippen LogP contribution in [0.4, 0.5) is 5.69 Å². The maximum absolute atomic E-state index is 12.3. The van der Waals surface area contributed by atoms with Gasteiger partial charge in [0.15, 0.2) is 5.16 Å². The van der Waals surface area contributed by atoms with Crippen molar-refractivity contribution in [1.29, 1.82) is 0 Å². The number of aromatic nitrogens is 2. The molecule has 3 rings (SSSR count). The normalized spacial score (nSPS) is 10.5. The van der Waals surface area contributed by atoms with Crippen molar-refractivity contribution in [3.05, 3.63) is 87.3 Å². The fourth-order valence-corrected chi connectivity index (χ4v) is 3.63. The van der Waals surface area contributed by atoms with Crippen LogP contribution in [0.25, 0.3) is 0 Å². The molecule has 0 fully saturated rings. The zero-order chi connectivity index (χ0) is 22.2. The van der Waals surface area contributed by atoms with Crippen LogP contribution >= 0.6 is 11.8 Å². The Balaban J connectivity index is 1.54. The Morgan fingerprint density at radius 1 is 1.03 bits per heavy atom. The molecule has 0 bridgehead atoms. The van der Waals surface area contributed by atoms with Crippen LogP contribution in [-0.2, 0) is 22.6 Å². The average molecular weight is 437 g/mol. The molecule has 0 radical (unpaired) electrons. The molecule has 2 amide bonds. The second-order valence-electron chi connectivity index (χ2n) is 7.14. The Bertz CT molecular complexity index is 1130. The second kappa shape index (κ2) is 10.6. The number of aryl methyl sites for hydroxylation is 2. The number of aromatic amines is 1. The van der Waals surface area contributed by atoms with Crippen LogP contribution < -0.4 is 16.2 Å². The lowest BCUT2D eigenvalue weighted by molar-refractivity contribution is -0.120. The average Bonchev–Trinajstić information content (AvgIpc) is 2.73. The summed E-state index contributed by atoms with van der Waals surface area (Å²) in [4.78, 5) is 43.3. The van der Waals surface area contributed by atoms with Gasteiger partial charge in [0.05, 0.1) is 17.9 Å². The number of nitrogens with zero attached hydrogens (tertiary/aromatic N) is 1. The van der Waals surface area contributed by atoms with Crippen molar-refractivity contribution in [3.8, 4) is 0 Å². The molecule has 3 N–H and O–H groups in total. The highest BCUT2D eigenvalue weighted by Crippen LogP contribution is 2.17. The number of thioether (sulfide) groups is 1. The summed E-state index contributed by atoms with van der Waals surface area (Å²) in [5, 5.41) is 5.97. The van der Waals surface area contributed by atoms with Gasteiger partial charge in [-0.05, 0) is 31.0 Å². The Labute approximate surface area is 184 Å². The molecule has 0 spiro atoms. The van der Waals surface area contributed by atoms with E-state index in [-0.39, 0.29) is 29.5 Å². The number of anilines is 1. The van der Waals surface area contributed by atoms with Crippen molar-refractivity contribution in [1.82, 2.24) is 15.3 Å². The van der Waals surface area contributed by atoms with Gasteiger partial charge in [-0.1, -0.05) is 59.8 Å². The second-order valence-corrected chi connectivity index (χ2v) is 8.10. The highest BCUT2D eigenvalue weighted by atomic mass is 32.2. The lowest BCUT2D eigenvalue weighted by atomic mass is 10.1. The molecule has 1 aromatic heterocycles. The summed E-state index contributed by atoms with van der Waals surface area (Å²) >= 11 is 1.11. The van der Waals surface area contributed by atoms with Gasteiger partial charge in [-0.3, -0.25) is 14.4 Å². The molecular weight excluding hydrogens is 412 g/mol. The van der Waals surface area contributed by atoms with Gasteiger partial charge in [-0.15, -0.1) is 0 Å². The molecule has 0 saturated heterocycles. The van der Waals surface area contributed by atoms with E-state index in [0.29, 0.717) is 17.4 Å². The van der Waals surface area contributed by atoms with Gasteiger partial charge in [0, 0.05) is 18.3 Å². The third kappa shape index (κ3) is 7.11. The van der Waals surface area contributed by atoms with Crippen LogP contribution in [0, 0.1) is 13.8 Å². The molecule has 0 aliphatic carbocycles. The lowest BCUT2D eigenvalue weighted by Crippen LogP contribution is -2.26. The maximum atomic E-state index is 12.3. The van der Waals surface area contributed by atoms with E-state index in [1.807, 2.05) is 62.4 Å². The number of rotatable bonds is 8. The van der Waals surface area contributed by atoms with Gasteiger partial charge in [0.2, 0.25) is 11.8 Å². The first kappa shape index (κ1) is 22.3. The van der Waals surface area contributed by atoms with Gasteiger partial charge < -0.3 is 15.6 Å². The van der Waals surface area contributed by atoms with Crippen LogP contribution in [0.15, 0.2) is 64.5 Å². The van der Waals surface area contributed by atoms with Crippen LogP contribution in [0.2, 0.25) is 0 Å². The number of H-pyrrole nitrogens is 1. The van der Waals surface area contributed by atoms with Crippen LogP contribution in [-0.4, -0.2) is 27.5 Å². The number of hydrogen-bond donors (Lipinski definition) is 3. The number of benzene rings is 2. The molecule has 0 aliphatic heterocycles. The van der Waals surface area contributed by atoms with Gasteiger partial charge in [-0.2, -0.15) is 0 Å². The van der Waals surface area contributed by atoms with E-state index in [1.54, 1.807) is 0 Å². The summed E-state index contributed by atoms with van der Waals surface area (Å²) < 4.78 is 0. The molecule has 2 aromatic carbocycles. The van der Waals surface area contributed by atoms with Crippen molar-refractivity contribution in [2.24, 2.45) is 0 Å². The fraction of sp³-hybridized carbons (Fsp3) is 0.217. The van der Waals surface area contributed by atoms with Crippen molar-refractivity contribution < 1.29 is 9.59 Å². The van der Waals surface area contributed by atoms with Gasteiger partial charge in [0.25, 0.3) is 5.56 Å². The monoisotopic (exact) mass is 436 g/mol. The Morgan fingerprint density at radius 2 is 1.81 bits per heavy atom. The van der Waals surface area contributed by atoms with Gasteiger partial charge in [-0.25, -0.2) is 4.98 Å². The van der Waals surface area contributed by atoms with E-state index in [0.717, 1.165) is 34.1 Å². The standard InChI is InChI=1S/C23H24N4O3S/c1-15-8-9-19(16(2)10-15)26-22(30)14-31-23-25-18(12-21(29)27-23)11-20(28)24-13-17-6-4-3-5-7-17/h3-10,12H,11,13-14H2,1-2H3,(H,24,28)(H,26,30)(H,25,27,29). The summed E-state index contributed by atoms with van der Waals surface area (Å²) in [6.45, 7) is 4.33. The molecule has 31 heavy (non-hydrogen) atoms. The molecule has 0 unspecified atom stereocenters. The third-order valence-corrected chi connectivity index (χ3v) is 5.32. The zero-order valence-corrected chi connectivity index (χ0v) is 18.2. The highest BCUT2D eigenvalue weighted by molar-refractivity contribution is 7.99. The minimum atomic E-state index is -0.363. The fourth-order valence-electron chi connectivity index (χ4n) is 2.94. The largest absolute Gasteiger partial charge is 0.352 e. The first-order valence-corrected chi connectivity index (χ1v) is 10.8. The molecule has 8 heteroatoms. The van der Waals surface area contributed by atoms with Crippen LogP contribution in [0.5, 0.6) is 0 Å². The predicted molar refractivity (Wildman–Crippen MR) is 122 cm³/mol. The summed E-state index contributed by atoms with van der Waals surface area (Å²) in [6.07, 6.45) is -0.0148. The summed E-state index contributed by atoms with van der Waals surface area (Å²) in [5.74, 6) is -0.351. The topological polar surface area (TPSA) is 104 Å². The smallest absolute Gasteiger partial charge is 0.251 e. The summed E-state index contributed by atoms with van der Waals surface area (Å²) in [7, 11) is 0. The molecule has 0 saturated carbocycles. The van der Waals surface area contributed by atoms with Crippen LogP contribution in [0.3, 0.4) is 0 Å². The molecule has 0 atom stereocenters. The Morgan fingerprint density at radius 3 is 2.55 bits per heavy atom. The third-order valence-electron chi connectivity index (χ3n) is 4.44. The van der Waals surface area contributed by atoms with Gasteiger partial charge in [0.1, 0.15) is 0 Å². The quantitative estimate of drug-likeness (QED) is 0.372. The van der Waals surface area contributed by atoms with E-state index in [9.17, 15) is 14.4 Å². The number of nitrogens with one attached hydrogen (secondary N) is 3. The maximum Gasteiger partial charge on any atom is 0.251 e. The predicted octanol–water partition coefficient (Wildman–Crippen LogP) is 2.98. The van der Waals surface area contributed by atoms with Crippen molar-refractivity contribution in [3.63, 3.8) is 0 Å². The Kier molecular flexibility index (Phi) is 7.61.